The van der Waals surface area contributed by atoms with E-state index >= 15 is 0 Å². The zero-order chi connectivity index (χ0) is 18.0. The molecule has 0 saturated carbocycles. The van der Waals surface area contributed by atoms with E-state index in [0.717, 1.165) is 11.9 Å². The molecule has 2 heteroatoms. The van der Waals surface area contributed by atoms with Crippen LogP contribution in [0.5, 0.6) is 0 Å². The van der Waals surface area contributed by atoms with Gasteiger partial charge >= 0.3 is 0 Å². The van der Waals surface area contributed by atoms with E-state index < -0.39 is 0 Å². The van der Waals surface area contributed by atoms with E-state index in [4.69, 9.17) is 4.74 Å². The van der Waals surface area contributed by atoms with E-state index in [0.29, 0.717) is 6.10 Å². The van der Waals surface area contributed by atoms with Crippen molar-refractivity contribution in [2.45, 2.75) is 134 Å². The molecule has 1 heterocycles. The van der Waals surface area contributed by atoms with Crippen molar-refractivity contribution in [1.29, 1.82) is 0 Å². The molecule has 0 N–H and O–H groups in total. The molecule has 0 aromatic carbocycles. The quantitative estimate of drug-likeness (QED) is 0.149. The van der Waals surface area contributed by atoms with Crippen LogP contribution in [0.3, 0.4) is 0 Å². The van der Waals surface area contributed by atoms with Crippen molar-refractivity contribution in [3.63, 3.8) is 0 Å². The van der Waals surface area contributed by atoms with Crippen LogP contribution in [0, 0.1) is 0 Å². The second-order valence-corrected chi connectivity index (χ2v) is 9.90. The van der Waals surface area contributed by atoms with Crippen molar-refractivity contribution in [1.82, 2.24) is 0 Å². The molecule has 0 bridgehead atoms. The van der Waals surface area contributed by atoms with Gasteiger partial charge in [0.25, 0.3) is 0 Å². The van der Waals surface area contributed by atoms with Gasteiger partial charge in [0, 0.05) is 6.61 Å². The molecular formula is C23H47OS+. The molecule has 0 amide bonds. The fourth-order valence-corrected chi connectivity index (χ4v) is 5.06. The second kappa shape index (κ2) is 17.7. The van der Waals surface area contributed by atoms with Crippen LogP contribution in [0.15, 0.2) is 0 Å². The Bertz CT molecular complexity index is 263. The first-order valence-corrected chi connectivity index (χ1v) is 12.8. The summed E-state index contributed by atoms with van der Waals surface area (Å²) in [6.07, 6.45) is 24.6. The van der Waals surface area contributed by atoms with Gasteiger partial charge < -0.3 is 4.74 Å². The molecule has 1 nitrogen and oxygen atoms in total. The molecule has 2 atom stereocenters. The predicted molar refractivity (Wildman–Crippen MR) is 117 cm³/mol. The average molecular weight is 372 g/mol. The van der Waals surface area contributed by atoms with Gasteiger partial charge in [-0.15, -0.1) is 0 Å². The number of unbranched alkanes of at least 4 members (excludes halogenated alkanes) is 10. The summed E-state index contributed by atoms with van der Waals surface area (Å²) in [7, 11) is 0. The van der Waals surface area contributed by atoms with E-state index in [1.807, 2.05) is 0 Å². The van der Waals surface area contributed by atoms with E-state index in [-0.39, 0.29) is 0 Å². The Balaban J connectivity index is 1.73. The van der Waals surface area contributed by atoms with E-state index in [2.05, 4.69) is 13.8 Å². The minimum atomic E-state index is 0.599. The third-order valence-electron chi connectivity index (χ3n) is 5.62. The lowest BCUT2D eigenvalue weighted by Gasteiger charge is -2.22. The van der Waals surface area contributed by atoms with Crippen molar-refractivity contribution in [3.8, 4) is 0 Å². The topological polar surface area (TPSA) is 9.23 Å². The number of hydrogen-bond acceptors (Lipinski definition) is 1. The molecule has 25 heavy (non-hydrogen) atoms. The van der Waals surface area contributed by atoms with E-state index in [1.165, 1.54) is 115 Å². The maximum absolute atomic E-state index is 5.81. The van der Waals surface area contributed by atoms with Crippen molar-refractivity contribution in [2.24, 2.45) is 0 Å². The normalized spacial score (nSPS) is 19.2. The van der Waals surface area contributed by atoms with Crippen molar-refractivity contribution in [3.05, 3.63) is 0 Å². The molecule has 150 valence electrons. The Hall–Kier alpha value is 0.310. The molecular weight excluding hydrogens is 324 g/mol. The summed E-state index contributed by atoms with van der Waals surface area (Å²) in [6.45, 7) is 5.77. The Labute approximate surface area is 163 Å². The summed E-state index contributed by atoms with van der Waals surface area (Å²) in [5.41, 5.74) is 0. The van der Waals surface area contributed by atoms with Gasteiger partial charge in [0.1, 0.15) is 11.0 Å². The van der Waals surface area contributed by atoms with Crippen LogP contribution in [0.4, 0.5) is 0 Å². The van der Waals surface area contributed by atoms with Gasteiger partial charge in [0.05, 0.1) is 6.10 Å². The summed E-state index contributed by atoms with van der Waals surface area (Å²) in [5.74, 6) is 1.44. The number of hydrogen-bond donors (Lipinski definition) is 0. The summed E-state index contributed by atoms with van der Waals surface area (Å²) in [5, 5.41) is 0.934. The smallest absolute Gasteiger partial charge is 0.113 e. The first-order valence-electron chi connectivity index (χ1n) is 11.6. The van der Waals surface area contributed by atoms with Gasteiger partial charge in [-0.05, 0) is 70.1 Å². The third kappa shape index (κ3) is 15.1. The number of thiol groups is 1. The molecule has 1 aliphatic heterocycles. The largest absolute Gasteiger partial charge is 0.378 e. The van der Waals surface area contributed by atoms with Gasteiger partial charge in [-0.1, -0.05) is 64.7 Å². The molecule has 1 fully saturated rings. The average Bonchev–Trinajstić information content (AvgIpc) is 2.64. The van der Waals surface area contributed by atoms with Gasteiger partial charge in [-0.2, -0.15) is 0 Å². The van der Waals surface area contributed by atoms with Crippen molar-refractivity contribution >= 4 is 11.8 Å². The lowest BCUT2D eigenvalue weighted by Crippen LogP contribution is -2.18. The molecule has 0 aliphatic carbocycles. The zero-order valence-corrected chi connectivity index (χ0v) is 18.3. The van der Waals surface area contributed by atoms with Crippen LogP contribution in [-0.4, -0.2) is 23.7 Å². The standard InChI is InChI=1S/C23H46OS/c1-3-4-5-9-12-17-22(2)25-21-16-11-8-6-7-10-13-18-23-19-14-15-20-24-23/h22-23H,3-21H2,1-2H3/p+1. The summed E-state index contributed by atoms with van der Waals surface area (Å²) >= 11 is 1.72. The minimum absolute atomic E-state index is 0.599. The second-order valence-electron chi connectivity index (χ2n) is 8.21. The van der Waals surface area contributed by atoms with Gasteiger partial charge in [0.2, 0.25) is 0 Å². The number of ether oxygens (including phenoxy) is 1. The third-order valence-corrected chi connectivity index (χ3v) is 7.08. The molecule has 1 rings (SSSR count). The molecule has 0 aromatic heterocycles. The van der Waals surface area contributed by atoms with Crippen LogP contribution >= 0.6 is 0 Å². The molecule has 0 aromatic rings. The van der Waals surface area contributed by atoms with Gasteiger partial charge in [-0.25, -0.2) is 0 Å². The Morgan fingerprint density at radius 1 is 0.840 bits per heavy atom. The molecule has 1 aliphatic rings. The van der Waals surface area contributed by atoms with Crippen LogP contribution in [0.2, 0.25) is 0 Å². The summed E-state index contributed by atoms with van der Waals surface area (Å²) in [6, 6.07) is 0. The monoisotopic (exact) mass is 371 g/mol. The molecule has 2 unspecified atom stereocenters. The van der Waals surface area contributed by atoms with Crippen molar-refractivity contribution < 1.29 is 4.74 Å². The first kappa shape index (κ1) is 23.3. The van der Waals surface area contributed by atoms with Crippen LogP contribution in [0.1, 0.15) is 123 Å². The SMILES string of the molecule is CCCCCCCC(C)[SH+]CCCCCCCCCC1CCCCO1. The highest BCUT2D eigenvalue weighted by Crippen LogP contribution is 2.19. The number of rotatable bonds is 17. The van der Waals surface area contributed by atoms with E-state index in [1.54, 1.807) is 11.8 Å². The van der Waals surface area contributed by atoms with E-state index in [9.17, 15) is 0 Å². The summed E-state index contributed by atoms with van der Waals surface area (Å²) in [4.78, 5) is 0. The molecule has 1 saturated heterocycles. The minimum Gasteiger partial charge on any atom is -0.378 e. The Morgan fingerprint density at radius 3 is 2.24 bits per heavy atom. The fraction of sp³-hybridized carbons (Fsp3) is 1.00. The lowest BCUT2D eigenvalue weighted by atomic mass is 10.0. The molecule has 0 radical (unpaired) electrons. The lowest BCUT2D eigenvalue weighted by molar-refractivity contribution is 0.00977. The van der Waals surface area contributed by atoms with Crippen LogP contribution in [0.25, 0.3) is 0 Å². The van der Waals surface area contributed by atoms with Gasteiger partial charge in [-0.3, -0.25) is 0 Å². The fourth-order valence-electron chi connectivity index (χ4n) is 3.85. The maximum Gasteiger partial charge on any atom is 0.113 e. The van der Waals surface area contributed by atoms with Crippen LogP contribution < -0.4 is 0 Å². The predicted octanol–water partition coefficient (Wildman–Crippen LogP) is 7.24. The Kier molecular flexibility index (Phi) is 16.5. The highest BCUT2D eigenvalue weighted by atomic mass is 32.2. The first-order chi connectivity index (χ1) is 12.3. The van der Waals surface area contributed by atoms with Crippen LogP contribution in [-0.2, 0) is 16.5 Å². The van der Waals surface area contributed by atoms with Crippen molar-refractivity contribution in [2.75, 3.05) is 12.4 Å². The highest BCUT2D eigenvalue weighted by molar-refractivity contribution is 7.79. The Morgan fingerprint density at radius 2 is 1.52 bits per heavy atom. The summed E-state index contributed by atoms with van der Waals surface area (Å²) < 4.78 is 5.81. The van der Waals surface area contributed by atoms with Gasteiger partial charge in [0.15, 0.2) is 0 Å². The zero-order valence-electron chi connectivity index (χ0n) is 17.4. The highest BCUT2D eigenvalue weighted by Gasteiger charge is 2.12. The molecule has 0 spiro atoms. The maximum atomic E-state index is 5.81.